The van der Waals surface area contributed by atoms with Crippen LogP contribution >= 0.6 is 0 Å². The summed E-state index contributed by atoms with van der Waals surface area (Å²) in [6, 6.07) is 5.25. The van der Waals surface area contributed by atoms with E-state index in [-0.39, 0.29) is 5.82 Å². The number of amides is 1. The van der Waals surface area contributed by atoms with Crippen molar-refractivity contribution in [2.24, 2.45) is 5.73 Å². The van der Waals surface area contributed by atoms with Crippen molar-refractivity contribution in [2.45, 2.75) is 37.3 Å². The first kappa shape index (κ1) is 10.7. The number of benzene rings is 1. The highest BCUT2D eigenvalue weighted by Gasteiger charge is 2.47. The lowest BCUT2D eigenvalue weighted by Gasteiger charge is -2.28. The van der Waals surface area contributed by atoms with Gasteiger partial charge in [-0.3, -0.25) is 10.1 Å². The van der Waals surface area contributed by atoms with E-state index in [0.29, 0.717) is 24.4 Å². The van der Waals surface area contributed by atoms with Crippen LogP contribution in [-0.4, -0.2) is 11.9 Å². The molecule has 0 bridgehead atoms. The summed E-state index contributed by atoms with van der Waals surface area (Å²) >= 11 is 0. The molecule has 1 atom stereocenters. The second-order valence-electron chi connectivity index (χ2n) is 4.95. The summed E-state index contributed by atoms with van der Waals surface area (Å²) in [7, 11) is 0. The SMILES string of the molecule is NC(=O)C1(NC2CC2)CCc2c(F)cccc21. The minimum absolute atomic E-state index is 0.233. The van der Waals surface area contributed by atoms with Gasteiger partial charge in [0.25, 0.3) is 0 Å². The molecule has 4 heteroatoms. The summed E-state index contributed by atoms with van der Waals surface area (Å²) < 4.78 is 13.7. The van der Waals surface area contributed by atoms with Gasteiger partial charge < -0.3 is 5.73 Å². The summed E-state index contributed by atoms with van der Waals surface area (Å²) in [5.74, 6) is -0.628. The molecule has 0 aromatic heterocycles. The molecule has 90 valence electrons. The van der Waals surface area contributed by atoms with Crippen molar-refractivity contribution in [3.63, 3.8) is 0 Å². The Morgan fingerprint density at radius 2 is 2.24 bits per heavy atom. The summed E-state index contributed by atoms with van der Waals surface area (Å²) in [5, 5.41) is 3.31. The second-order valence-corrected chi connectivity index (χ2v) is 4.95. The van der Waals surface area contributed by atoms with Crippen LogP contribution in [-0.2, 0) is 16.8 Å². The molecule has 2 aliphatic rings. The Balaban J connectivity index is 2.08. The van der Waals surface area contributed by atoms with Gasteiger partial charge >= 0.3 is 0 Å². The number of fused-ring (bicyclic) bond motifs is 1. The van der Waals surface area contributed by atoms with E-state index in [1.54, 1.807) is 6.07 Å². The van der Waals surface area contributed by atoms with Crippen molar-refractivity contribution in [1.82, 2.24) is 5.32 Å². The Morgan fingerprint density at radius 1 is 1.47 bits per heavy atom. The van der Waals surface area contributed by atoms with Crippen LogP contribution in [0.25, 0.3) is 0 Å². The second kappa shape index (κ2) is 3.53. The number of halogens is 1. The predicted molar refractivity (Wildman–Crippen MR) is 61.8 cm³/mol. The van der Waals surface area contributed by atoms with E-state index in [1.165, 1.54) is 6.07 Å². The molecular formula is C13H15FN2O. The van der Waals surface area contributed by atoms with Crippen molar-refractivity contribution in [1.29, 1.82) is 0 Å². The Morgan fingerprint density at radius 3 is 2.88 bits per heavy atom. The van der Waals surface area contributed by atoms with Crippen molar-refractivity contribution in [3.8, 4) is 0 Å². The Bertz CT molecular complexity index is 484. The fraction of sp³-hybridized carbons (Fsp3) is 0.462. The van der Waals surface area contributed by atoms with Crippen LogP contribution in [0.4, 0.5) is 4.39 Å². The number of primary amides is 1. The minimum Gasteiger partial charge on any atom is -0.368 e. The molecule has 0 spiro atoms. The summed E-state index contributed by atoms with van der Waals surface area (Å²) in [5.41, 5.74) is 6.07. The number of carbonyl (C=O) groups excluding carboxylic acids is 1. The van der Waals surface area contributed by atoms with Gasteiger partial charge in [0, 0.05) is 6.04 Å². The average Bonchev–Trinajstić information content (AvgIpc) is 3.00. The fourth-order valence-electron chi connectivity index (χ4n) is 2.71. The van der Waals surface area contributed by atoms with Gasteiger partial charge in [0.05, 0.1) is 0 Å². The highest BCUT2D eigenvalue weighted by atomic mass is 19.1. The molecule has 2 aliphatic carbocycles. The van der Waals surface area contributed by atoms with E-state index in [2.05, 4.69) is 5.32 Å². The van der Waals surface area contributed by atoms with Gasteiger partial charge in [0.15, 0.2) is 0 Å². The minimum atomic E-state index is -0.849. The molecule has 1 aromatic rings. The van der Waals surface area contributed by atoms with Gasteiger partial charge in [-0.2, -0.15) is 0 Å². The number of nitrogens with two attached hydrogens (primary N) is 1. The highest BCUT2D eigenvalue weighted by Crippen LogP contribution is 2.40. The third-order valence-electron chi connectivity index (χ3n) is 3.78. The summed E-state index contributed by atoms with van der Waals surface area (Å²) in [6.07, 6.45) is 3.28. The predicted octanol–water partition coefficient (Wildman–Crippen LogP) is 1.20. The Labute approximate surface area is 99.2 Å². The molecule has 0 aliphatic heterocycles. The van der Waals surface area contributed by atoms with Gasteiger partial charge in [0.1, 0.15) is 11.4 Å². The maximum Gasteiger partial charge on any atom is 0.242 e. The Kier molecular flexibility index (Phi) is 2.23. The van der Waals surface area contributed by atoms with Crippen molar-refractivity contribution in [2.75, 3.05) is 0 Å². The van der Waals surface area contributed by atoms with E-state index in [9.17, 15) is 9.18 Å². The van der Waals surface area contributed by atoms with Crippen molar-refractivity contribution in [3.05, 3.63) is 35.1 Å². The summed E-state index contributed by atoms with van der Waals surface area (Å²) in [6.45, 7) is 0. The number of hydrogen-bond acceptors (Lipinski definition) is 2. The lowest BCUT2D eigenvalue weighted by molar-refractivity contribution is -0.124. The quantitative estimate of drug-likeness (QED) is 0.825. The number of carbonyl (C=O) groups is 1. The zero-order valence-corrected chi connectivity index (χ0v) is 9.50. The van der Waals surface area contributed by atoms with E-state index in [0.717, 1.165) is 18.4 Å². The zero-order chi connectivity index (χ0) is 12.0. The first-order valence-electron chi connectivity index (χ1n) is 5.99. The summed E-state index contributed by atoms with van der Waals surface area (Å²) in [4.78, 5) is 11.8. The molecule has 3 N–H and O–H groups in total. The fourth-order valence-corrected chi connectivity index (χ4v) is 2.71. The normalized spacial score (nSPS) is 26.9. The van der Waals surface area contributed by atoms with Crippen LogP contribution < -0.4 is 11.1 Å². The molecule has 1 aromatic carbocycles. The molecule has 1 saturated carbocycles. The van der Waals surface area contributed by atoms with Gasteiger partial charge in [-0.1, -0.05) is 12.1 Å². The maximum absolute atomic E-state index is 13.7. The number of hydrogen-bond donors (Lipinski definition) is 2. The molecule has 0 heterocycles. The highest BCUT2D eigenvalue weighted by molar-refractivity contribution is 5.87. The van der Waals surface area contributed by atoms with E-state index in [4.69, 9.17) is 5.73 Å². The third-order valence-corrected chi connectivity index (χ3v) is 3.78. The van der Waals surface area contributed by atoms with Crippen molar-refractivity contribution >= 4 is 5.91 Å². The zero-order valence-electron chi connectivity index (χ0n) is 9.50. The largest absolute Gasteiger partial charge is 0.368 e. The first-order chi connectivity index (χ1) is 8.13. The third kappa shape index (κ3) is 1.55. The van der Waals surface area contributed by atoms with Crippen LogP contribution in [0.15, 0.2) is 18.2 Å². The van der Waals surface area contributed by atoms with Crippen LogP contribution in [0.5, 0.6) is 0 Å². The van der Waals surface area contributed by atoms with Gasteiger partial charge in [0.2, 0.25) is 5.91 Å². The molecule has 1 amide bonds. The topological polar surface area (TPSA) is 55.1 Å². The first-order valence-corrected chi connectivity index (χ1v) is 5.99. The number of nitrogens with one attached hydrogen (secondary N) is 1. The molecule has 1 unspecified atom stereocenters. The van der Waals surface area contributed by atoms with E-state index in [1.807, 2.05) is 6.07 Å². The molecule has 0 saturated heterocycles. The van der Waals surface area contributed by atoms with Crippen LogP contribution in [0.2, 0.25) is 0 Å². The lowest BCUT2D eigenvalue weighted by atomic mass is 9.90. The lowest BCUT2D eigenvalue weighted by Crippen LogP contribution is -2.52. The van der Waals surface area contributed by atoms with Gasteiger partial charge in [-0.05, 0) is 42.9 Å². The van der Waals surface area contributed by atoms with Crippen LogP contribution in [0, 0.1) is 5.82 Å². The van der Waals surface area contributed by atoms with Gasteiger partial charge in [-0.15, -0.1) is 0 Å². The molecular weight excluding hydrogens is 219 g/mol. The number of rotatable bonds is 3. The molecule has 3 rings (SSSR count). The molecule has 1 fully saturated rings. The molecule has 3 nitrogen and oxygen atoms in total. The smallest absolute Gasteiger partial charge is 0.242 e. The van der Waals surface area contributed by atoms with Crippen LogP contribution in [0.1, 0.15) is 30.4 Å². The van der Waals surface area contributed by atoms with E-state index >= 15 is 0 Å². The van der Waals surface area contributed by atoms with E-state index < -0.39 is 11.4 Å². The maximum atomic E-state index is 13.7. The monoisotopic (exact) mass is 234 g/mol. The average molecular weight is 234 g/mol. The van der Waals surface area contributed by atoms with Crippen molar-refractivity contribution < 1.29 is 9.18 Å². The van der Waals surface area contributed by atoms with Gasteiger partial charge in [-0.25, -0.2) is 4.39 Å². The standard InChI is InChI=1S/C13H15FN2O/c14-11-3-1-2-10-9(11)6-7-13(10,12(15)17)16-8-4-5-8/h1-3,8,16H,4-7H2,(H2,15,17). The molecule has 17 heavy (non-hydrogen) atoms. The Hall–Kier alpha value is -1.42. The van der Waals surface area contributed by atoms with Crippen LogP contribution in [0.3, 0.4) is 0 Å². The molecule has 0 radical (unpaired) electrons.